The first-order chi connectivity index (χ1) is 35.3. The Morgan fingerprint density at radius 2 is 1.42 bits per heavy atom. The highest BCUT2D eigenvalue weighted by atomic mass is 32.2. The molecule has 16 N–H and O–H groups in total. The number of aromatic nitrogens is 2. The van der Waals surface area contributed by atoms with Crippen LogP contribution in [0, 0.1) is 5.92 Å². The van der Waals surface area contributed by atoms with Gasteiger partial charge >= 0.3 is 5.97 Å². The third-order valence-electron chi connectivity index (χ3n) is 12.0. The van der Waals surface area contributed by atoms with Crippen LogP contribution in [0.25, 0.3) is 0 Å². The number of aliphatic hydroxyl groups is 1. The van der Waals surface area contributed by atoms with Crippen LogP contribution in [0.15, 0.2) is 72.1 Å². The molecule has 2 heterocycles. The first-order valence-electron chi connectivity index (χ1n) is 24.5. The number of carboxylic acid groups (broad SMARTS) is 1. The van der Waals surface area contributed by atoms with Crippen molar-refractivity contribution in [3.63, 3.8) is 0 Å². The van der Waals surface area contributed by atoms with E-state index in [1.54, 1.807) is 56.3 Å². The van der Waals surface area contributed by atoms with Crippen molar-refractivity contribution >= 4 is 65.0 Å². The number of aromatic amines is 1. The van der Waals surface area contributed by atoms with Crippen molar-refractivity contribution in [1.29, 1.82) is 0 Å². The molecular weight excluding hydrogens is 979 g/mol. The zero-order chi connectivity index (χ0) is 54.3. The lowest BCUT2D eigenvalue weighted by molar-refractivity contribution is -0.145. The number of aliphatic imine (C=N–C) groups is 1. The number of likely N-dealkylation sites (tertiary alicyclic amines) is 1. The van der Waals surface area contributed by atoms with E-state index in [9.17, 15) is 53.7 Å². The lowest BCUT2D eigenvalue weighted by Crippen LogP contribution is -2.61. The SMILES string of the molecule is CCCSC[C@H](NC(=O)[C@H](Cc1ccc(O)cc1)NC(=O)[C@@H](NC(=O)[C@H](CCCN=C(N)N)NC(=O)[C@H](N)CO)C(C)C)C(=O)N[C@@H](Cc1cnc[nH]1)C(=O)N1CCC[C@H]1C(=O)N[C@@H](Cc1ccccc1)C(=O)O. The summed E-state index contributed by atoms with van der Waals surface area (Å²) >= 11 is 1.35. The number of phenols is 1. The molecular formula is C49H71N13O11S. The number of guanidine groups is 1. The summed E-state index contributed by atoms with van der Waals surface area (Å²) in [6, 6.07) is 4.46. The minimum absolute atomic E-state index is 0.00618. The second-order valence-electron chi connectivity index (χ2n) is 18.2. The number of rotatable bonds is 30. The third-order valence-corrected chi connectivity index (χ3v) is 13.2. The monoisotopic (exact) mass is 1050 g/mol. The number of imidazole rings is 1. The van der Waals surface area contributed by atoms with Gasteiger partial charge in [0.1, 0.15) is 54.1 Å². The summed E-state index contributed by atoms with van der Waals surface area (Å²) in [5.41, 5.74) is 18.2. The number of carbonyl (C=O) groups is 8. The van der Waals surface area contributed by atoms with Crippen LogP contribution in [0.1, 0.15) is 69.7 Å². The number of hydrogen-bond acceptors (Lipinski definition) is 14. The number of H-pyrrole nitrogens is 1. The Kier molecular flexibility index (Phi) is 24.1. The fraction of sp³-hybridized carbons (Fsp3) is 0.510. The van der Waals surface area contributed by atoms with Crippen LogP contribution in [-0.2, 0) is 57.6 Å². The Bertz CT molecular complexity index is 2360. The molecule has 8 atom stereocenters. The molecule has 0 aliphatic carbocycles. The van der Waals surface area contributed by atoms with E-state index in [-0.39, 0.29) is 69.1 Å². The summed E-state index contributed by atoms with van der Waals surface area (Å²) < 4.78 is 0. The van der Waals surface area contributed by atoms with E-state index in [1.165, 1.54) is 41.3 Å². The standard InChI is InChI=1S/C49H71N13O11S/c1-4-20-74-26-38(44(68)58-36(23-31-24-53-27-55-31)47(71)62-19-9-13-39(62)45(69)59-37(48(72)73)22-29-10-6-5-7-11-29)60-43(67)35(21-30-14-16-32(64)17-15-30)57-46(70)40(28(2)3)61-42(66)34(12-8-18-54-49(51)52)56-41(65)33(50)25-63/h5-7,10-11,14-17,24,27-28,33-40,63-64H,4,8-9,12-13,18-23,25-26,50H2,1-3H3,(H,53,55)(H,56,65)(H,57,70)(H,58,68)(H,59,69)(H,60,67)(H,61,66)(H,72,73)(H4,51,52,54)/t33-,34+,35+,36+,37+,38+,39+,40+/m1/s1. The fourth-order valence-corrected chi connectivity index (χ4v) is 8.90. The first kappa shape index (κ1) is 59.3. The molecule has 0 radical (unpaired) electrons. The predicted molar refractivity (Wildman–Crippen MR) is 276 cm³/mol. The summed E-state index contributed by atoms with van der Waals surface area (Å²) in [7, 11) is 0. The molecule has 1 aromatic heterocycles. The number of benzene rings is 2. The number of carbonyl (C=O) groups excluding carboxylic acids is 7. The normalized spacial score (nSPS) is 16.0. The highest BCUT2D eigenvalue weighted by Gasteiger charge is 2.40. The highest BCUT2D eigenvalue weighted by Crippen LogP contribution is 2.21. The molecule has 7 amide bonds. The fourth-order valence-electron chi connectivity index (χ4n) is 7.97. The zero-order valence-corrected chi connectivity index (χ0v) is 42.6. The molecule has 404 valence electrons. The summed E-state index contributed by atoms with van der Waals surface area (Å²) in [4.78, 5) is 123. The van der Waals surface area contributed by atoms with E-state index >= 15 is 0 Å². The zero-order valence-electron chi connectivity index (χ0n) is 41.8. The number of hydrogen-bond donors (Lipinski definition) is 13. The number of nitrogens with zero attached hydrogens (tertiary/aromatic N) is 3. The van der Waals surface area contributed by atoms with Gasteiger partial charge in [0.2, 0.25) is 41.4 Å². The maximum atomic E-state index is 14.6. The summed E-state index contributed by atoms with van der Waals surface area (Å²) in [5, 5.41) is 45.5. The van der Waals surface area contributed by atoms with Crippen LogP contribution in [0.5, 0.6) is 5.75 Å². The van der Waals surface area contributed by atoms with Gasteiger partial charge in [0, 0.05) is 50.0 Å². The number of phenolic OH excluding ortho intramolecular Hbond substituents is 1. The Morgan fingerprint density at radius 1 is 0.797 bits per heavy atom. The molecule has 24 nitrogen and oxygen atoms in total. The highest BCUT2D eigenvalue weighted by molar-refractivity contribution is 7.99. The van der Waals surface area contributed by atoms with Crippen LogP contribution >= 0.6 is 11.8 Å². The Hall–Kier alpha value is -7.25. The van der Waals surface area contributed by atoms with Crippen molar-refractivity contribution in [3.05, 3.63) is 83.9 Å². The second-order valence-corrected chi connectivity index (χ2v) is 19.4. The number of aromatic hydroxyl groups is 1. The average Bonchev–Trinajstić information content (AvgIpc) is 4.09. The molecule has 1 fully saturated rings. The van der Waals surface area contributed by atoms with Crippen molar-refractivity contribution in [2.75, 3.05) is 31.2 Å². The van der Waals surface area contributed by atoms with Crippen molar-refractivity contribution < 1.29 is 53.7 Å². The van der Waals surface area contributed by atoms with Crippen molar-refractivity contribution in [1.82, 2.24) is 46.8 Å². The number of nitrogens with two attached hydrogens (primary N) is 3. The smallest absolute Gasteiger partial charge is 0.326 e. The molecule has 0 saturated carbocycles. The third kappa shape index (κ3) is 19.0. The number of amides is 7. The quantitative estimate of drug-likeness (QED) is 0.0201. The van der Waals surface area contributed by atoms with Crippen molar-refractivity contribution in [2.24, 2.45) is 28.1 Å². The maximum Gasteiger partial charge on any atom is 0.326 e. The Morgan fingerprint density at radius 3 is 2.04 bits per heavy atom. The van der Waals surface area contributed by atoms with Crippen LogP contribution in [0.4, 0.5) is 0 Å². The van der Waals surface area contributed by atoms with Gasteiger partial charge < -0.3 is 74.3 Å². The number of aliphatic carboxylic acids is 1. The molecule has 3 aromatic rings. The molecule has 1 saturated heterocycles. The molecule has 2 aromatic carbocycles. The van der Waals surface area contributed by atoms with Gasteiger partial charge in [-0.15, -0.1) is 0 Å². The van der Waals surface area contributed by atoms with Gasteiger partial charge in [-0.2, -0.15) is 11.8 Å². The van der Waals surface area contributed by atoms with E-state index in [4.69, 9.17) is 17.2 Å². The Balaban J connectivity index is 1.59. The minimum Gasteiger partial charge on any atom is -0.508 e. The van der Waals surface area contributed by atoms with Crippen LogP contribution in [0.3, 0.4) is 0 Å². The molecule has 0 spiro atoms. The van der Waals surface area contributed by atoms with E-state index < -0.39 is 108 Å². The molecule has 1 aliphatic heterocycles. The molecule has 25 heteroatoms. The topological polar surface area (TPSA) is 392 Å². The lowest BCUT2D eigenvalue weighted by atomic mass is 9.99. The van der Waals surface area contributed by atoms with E-state index in [2.05, 4.69) is 46.9 Å². The molecule has 1 aliphatic rings. The lowest BCUT2D eigenvalue weighted by Gasteiger charge is -2.31. The van der Waals surface area contributed by atoms with Crippen molar-refractivity contribution in [2.45, 2.75) is 120 Å². The summed E-state index contributed by atoms with van der Waals surface area (Å²) in [6.07, 6.45) is 4.24. The number of aliphatic hydroxyl groups excluding tert-OH is 1. The second kappa shape index (κ2) is 30.1. The van der Waals surface area contributed by atoms with Gasteiger partial charge in [0.05, 0.1) is 12.9 Å². The number of carboxylic acids is 1. The van der Waals surface area contributed by atoms with Gasteiger partial charge in [0.25, 0.3) is 0 Å². The van der Waals surface area contributed by atoms with Gasteiger partial charge in [-0.3, -0.25) is 38.6 Å². The van der Waals surface area contributed by atoms with Crippen LogP contribution in [-0.4, -0.2) is 163 Å². The number of thioether (sulfide) groups is 1. The van der Waals surface area contributed by atoms with Crippen molar-refractivity contribution in [3.8, 4) is 5.75 Å². The average molecular weight is 1050 g/mol. The van der Waals surface area contributed by atoms with E-state index in [0.29, 0.717) is 29.0 Å². The van der Waals surface area contributed by atoms with Gasteiger partial charge in [-0.05, 0) is 67.0 Å². The van der Waals surface area contributed by atoms with Gasteiger partial charge in [0.15, 0.2) is 5.96 Å². The number of nitrogens with one attached hydrogen (secondary N) is 7. The molecule has 74 heavy (non-hydrogen) atoms. The Labute approximate surface area is 433 Å². The minimum atomic E-state index is -1.39. The van der Waals surface area contributed by atoms with E-state index in [0.717, 1.165) is 6.42 Å². The predicted octanol–water partition coefficient (Wildman–Crippen LogP) is -1.70. The summed E-state index contributed by atoms with van der Waals surface area (Å²) in [6.45, 7) is 4.77. The van der Waals surface area contributed by atoms with Crippen LogP contribution in [0.2, 0.25) is 0 Å². The first-order valence-corrected chi connectivity index (χ1v) is 25.6. The van der Waals surface area contributed by atoms with Gasteiger partial charge in [-0.1, -0.05) is 63.2 Å². The molecule has 0 bridgehead atoms. The summed E-state index contributed by atoms with van der Waals surface area (Å²) in [5.74, 6) is -6.72. The molecule has 4 rings (SSSR count). The molecule has 0 unspecified atom stereocenters. The van der Waals surface area contributed by atoms with Crippen LogP contribution < -0.4 is 49.1 Å². The van der Waals surface area contributed by atoms with E-state index in [1.807, 2.05) is 6.92 Å². The largest absolute Gasteiger partial charge is 0.508 e. The maximum absolute atomic E-state index is 14.6. The van der Waals surface area contributed by atoms with Gasteiger partial charge in [-0.25, -0.2) is 9.78 Å².